The number of aromatic nitrogens is 4. The van der Waals surface area contributed by atoms with Crippen LogP contribution in [0.5, 0.6) is 0 Å². The molecule has 2 aromatic rings. The molecule has 0 saturated carbocycles. The van der Waals surface area contributed by atoms with E-state index in [4.69, 9.17) is 0 Å². The third kappa shape index (κ3) is 2.75. The normalized spacial score (nSPS) is 10.8. The Bertz CT molecular complexity index is 569. The number of nitrogens with zero attached hydrogens (tertiary/aromatic N) is 5. The fourth-order valence-electron chi connectivity index (χ4n) is 2.17. The van der Waals surface area contributed by atoms with Gasteiger partial charge in [-0.15, -0.1) is 0 Å². The molecule has 0 saturated heterocycles. The zero-order valence-electron chi connectivity index (χ0n) is 12.3. The summed E-state index contributed by atoms with van der Waals surface area (Å²) in [5.41, 5.74) is 2.99. The van der Waals surface area contributed by atoms with Gasteiger partial charge in [-0.1, -0.05) is 0 Å². The molecule has 0 amide bonds. The Kier molecular flexibility index (Phi) is 3.83. The van der Waals surface area contributed by atoms with Gasteiger partial charge in [0.05, 0.1) is 5.69 Å². The summed E-state index contributed by atoms with van der Waals surface area (Å²) >= 11 is 0. The SMILES string of the molecule is CCN(CC)c1cc(C)nc(-n2nc(C)cc2C)n1. The van der Waals surface area contributed by atoms with Crippen LogP contribution in [0.15, 0.2) is 12.1 Å². The Labute approximate surface area is 114 Å². The zero-order chi connectivity index (χ0) is 14.0. The van der Waals surface area contributed by atoms with Crippen molar-refractivity contribution in [1.82, 2.24) is 19.7 Å². The predicted octanol–water partition coefficient (Wildman–Crippen LogP) is 2.43. The second-order valence-electron chi connectivity index (χ2n) is 4.68. The van der Waals surface area contributed by atoms with E-state index in [9.17, 15) is 0 Å². The van der Waals surface area contributed by atoms with Crippen LogP contribution in [-0.2, 0) is 0 Å². The number of hydrogen-bond acceptors (Lipinski definition) is 4. The molecule has 0 unspecified atom stereocenters. The van der Waals surface area contributed by atoms with Crippen molar-refractivity contribution in [3.8, 4) is 5.95 Å². The minimum atomic E-state index is 0.646. The Morgan fingerprint density at radius 3 is 2.21 bits per heavy atom. The second-order valence-corrected chi connectivity index (χ2v) is 4.68. The molecule has 0 spiro atoms. The van der Waals surface area contributed by atoms with Crippen LogP contribution in [0.4, 0.5) is 5.82 Å². The van der Waals surface area contributed by atoms with E-state index in [1.165, 1.54) is 0 Å². The van der Waals surface area contributed by atoms with Crippen molar-refractivity contribution in [3.05, 3.63) is 29.2 Å². The topological polar surface area (TPSA) is 46.8 Å². The van der Waals surface area contributed by atoms with Gasteiger partial charge >= 0.3 is 0 Å². The van der Waals surface area contributed by atoms with Gasteiger partial charge in [-0.2, -0.15) is 10.1 Å². The Balaban J connectivity index is 2.50. The second kappa shape index (κ2) is 5.38. The lowest BCUT2D eigenvalue weighted by molar-refractivity contribution is 0.754. The molecule has 2 rings (SSSR count). The summed E-state index contributed by atoms with van der Waals surface area (Å²) in [6.07, 6.45) is 0. The predicted molar refractivity (Wildman–Crippen MR) is 76.9 cm³/mol. The Hall–Kier alpha value is -1.91. The lowest BCUT2D eigenvalue weighted by Gasteiger charge is -2.20. The molecule has 5 nitrogen and oxygen atoms in total. The molecule has 0 aromatic carbocycles. The zero-order valence-corrected chi connectivity index (χ0v) is 12.3. The molecule has 0 aliphatic carbocycles. The van der Waals surface area contributed by atoms with Crippen molar-refractivity contribution in [1.29, 1.82) is 0 Å². The van der Waals surface area contributed by atoms with Crippen LogP contribution in [0.2, 0.25) is 0 Å². The van der Waals surface area contributed by atoms with Crippen LogP contribution in [0.1, 0.15) is 30.9 Å². The number of hydrogen-bond donors (Lipinski definition) is 0. The van der Waals surface area contributed by atoms with Gasteiger partial charge in [0, 0.05) is 30.5 Å². The van der Waals surface area contributed by atoms with Crippen LogP contribution in [0.25, 0.3) is 5.95 Å². The first kappa shape index (κ1) is 13.5. The molecule has 0 aliphatic heterocycles. The van der Waals surface area contributed by atoms with Crippen molar-refractivity contribution in [2.45, 2.75) is 34.6 Å². The quantitative estimate of drug-likeness (QED) is 0.846. The third-order valence-corrected chi connectivity index (χ3v) is 3.12. The minimum absolute atomic E-state index is 0.646. The molecule has 19 heavy (non-hydrogen) atoms. The summed E-state index contributed by atoms with van der Waals surface area (Å²) in [5, 5.41) is 4.45. The van der Waals surface area contributed by atoms with E-state index < -0.39 is 0 Å². The van der Waals surface area contributed by atoms with Crippen LogP contribution in [0.3, 0.4) is 0 Å². The van der Waals surface area contributed by atoms with Gasteiger partial charge in [0.25, 0.3) is 5.95 Å². The van der Waals surface area contributed by atoms with Crippen molar-refractivity contribution in [3.63, 3.8) is 0 Å². The minimum Gasteiger partial charge on any atom is -0.357 e. The molecule has 0 bridgehead atoms. The van der Waals surface area contributed by atoms with Crippen molar-refractivity contribution >= 4 is 5.82 Å². The molecule has 0 fully saturated rings. The average Bonchev–Trinajstić information content (AvgIpc) is 2.69. The van der Waals surface area contributed by atoms with E-state index in [-0.39, 0.29) is 0 Å². The Morgan fingerprint density at radius 1 is 1.00 bits per heavy atom. The first-order valence-corrected chi connectivity index (χ1v) is 6.69. The van der Waals surface area contributed by atoms with E-state index in [0.29, 0.717) is 5.95 Å². The van der Waals surface area contributed by atoms with Gasteiger partial charge in [0.15, 0.2) is 0 Å². The highest BCUT2D eigenvalue weighted by atomic mass is 15.4. The lowest BCUT2D eigenvalue weighted by Crippen LogP contribution is -2.24. The van der Waals surface area contributed by atoms with E-state index in [1.807, 2.05) is 32.9 Å². The van der Waals surface area contributed by atoms with Gasteiger partial charge in [-0.25, -0.2) is 9.67 Å². The molecule has 0 atom stereocenters. The molecule has 102 valence electrons. The molecule has 2 heterocycles. The highest BCUT2D eigenvalue weighted by molar-refractivity contribution is 5.41. The average molecular weight is 259 g/mol. The molecule has 2 aromatic heterocycles. The summed E-state index contributed by atoms with van der Waals surface area (Å²) < 4.78 is 1.80. The summed E-state index contributed by atoms with van der Waals surface area (Å²) in [6, 6.07) is 4.05. The van der Waals surface area contributed by atoms with Crippen LogP contribution in [0, 0.1) is 20.8 Å². The standard InChI is InChI=1S/C14H21N5/c1-6-18(7-2)13-9-10(3)15-14(16-13)19-12(5)8-11(4)17-19/h8-9H,6-7H2,1-5H3. The summed E-state index contributed by atoms with van der Waals surface area (Å²) in [4.78, 5) is 11.3. The van der Waals surface area contributed by atoms with Gasteiger partial charge in [-0.05, 0) is 40.7 Å². The lowest BCUT2D eigenvalue weighted by atomic mass is 10.4. The summed E-state index contributed by atoms with van der Waals surface area (Å²) in [5.74, 6) is 1.60. The number of aryl methyl sites for hydroxylation is 3. The molecule has 0 aliphatic rings. The molecule has 5 heteroatoms. The first-order chi connectivity index (χ1) is 9.05. The maximum atomic E-state index is 4.64. The monoisotopic (exact) mass is 259 g/mol. The number of anilines is 1. The van der Waals surface area contributed by atoms with E-state index in [1.54, 1.807) is 4.68 Å². The van der Waals surface area contributed by atoms with Gasteiger partial charge in [-0.3, -0.25) is 0 Å². The van der Waals surface area contributed by atoms with Crippen molar-refractivity contribution in [2.24, 2.45) is 0 Å². The highest BCUT2D eigenvalue weighted by Crippen LogP contribution is 2.15. The van der Waals surface area contributed by atoms with Crippen LogP contribution >= 0.6 is 0 Å². The first-order valence-electron chi connectivity index (χ1n) is 6.69. The van der Waals surface area contributed by atoms with Crippen LogP contribution in [-0.4, -0.2) is 32.8 Å². The van der Waals surface area contributed by atoms with E-state index >= 15 is 0 Å². The summed E-state index contributed by atoms with van der Waals surface area (Å²) in [7, 11) is 0. The van der Waals surface area contributed by atoms with Gasteiger partial charge in [0.2, 0.25) is 0 Å². The molecular weight excluding hydrogens is 238 g/mol. The van der Waals surface area contributed by atoms with Crippen molar-refractivity contribution < 1.29 is 0 Å². The maximum absolute atomic E-state index is 4.64. The largest absolute Gasteiger partial charge is 0.357 e. The summed E-state index contributed by atoms with van der Waals surface area (Å²) in [6.45, 7) is 12.1. The molecular formula is C14H21N5. The van der Waals surface area contributed by atoms with Crippen molar-refractivity contribution in [2.75, 3.05) is 18.0 Å². The smallest absolute Gasteiger partial charge is 0.252 e. The van der Waals surface area contributed by atoms with E-state index in [0.717, 1.165) is 36.0 Å². The molecule has 0 radical (unpaired) electrons. The number of rotatable bonds is 4. The van der Waals surface area contributed by atoms with E-state index in [2.05, 4.69) is 33.8 Å². The third-order valence-electron chi connectivity index (χ3n) is 3.12. The Morgan fingerprint density at radius 2 is 1.68 bits per heavy atom. The highest BCUT2D eigenvalue weighted by Gasteiger charge is 2.11. The fourth-order valence-corrected chi connectivity index (χ4v) is 2.17. The van der Waals surface area contributed by atoms with Gasteiger partial charge < -0.3 is 4.90 Å². The maximum Gasteiger partial charge on any atom is 0.252 e. The molecule has 0 N–H and O–H groups in total. The van der Waals surface area contributed by atoms with Gasteiger partial charge in [0.1, 0.15) is 5.82 Å². The van der Waals surface area contributed by atoms with Crippen LogP contribution < -0.4 is 4.90 Å². The fraction of sp³-hybridized carbons (Fsp3) is 0.500.